The average Bonchev–Trinajstić information content (AvgIpc) is 2.48. The highest BCUT2D eigenvalue weighted by atomic mass is 79.9. The largest absolute Gasteiger partial charge is 0.478 e. The molecular formula is C15H17BrN2O3. The van der Waals surface area contributed by atoms with Crippen molar-refractivity contribution in [3.8, 4) is 0 Å². The van der Waals surface area contributed by atoms with Gasteiger partial charge in [0.15, 0.2) is 0 Å². The normalized spacial score (nSPS) is 17.3. The number of aromatic carboxylic acids is 1. The number of benzene rings is 1. The fourth-order valence-electron chi connectivity index (χ4n) is 2.27. The van der Waals surface area contributed by atoms with Crippen LogP contribution in [-0.2, 0) is 0 Å². The number of rotatable bonds is 4. The minimum Gasteiger partial charge on any atom is -0.478 e. The van der Waals surface area contributed by atoms with Crippen LogP contribution in [0.5, 0.6) is 0 Å². The van der Waals surface area contributed by atoms with E-state index in [0.29, 0.717) is 16.9 Å². The van der Waals surface area contributed by atoms with Crippen LogP contribution < -0.4 is 10.6 Å². The van der Waals surface area contributed by atoms with Crippen molar-refractivity contribution in [2.75, 3.05) is 11.9 Å². The Morgan fingerprint density at radius 2 is 2.14 bits per heavy atom. The molecule has 5 nitrogen and oxygen atoms in total. The van der Waals surface area contributed by atoms with E-state index in [2.05, 4.69) is 38.7 Å². The van der Waals surface area contributed by atoms with Crippen LogP contribution in [-0.4, -0.2) is 23.7 Å². The Balaban J connectivity index is 1.96. The number of amides is 2. The van der Waals surface area contributed by atoms with Crippen molar-refractivity contribution < 1.29 is 14.7 Å². The number of carboxylic acids is 1. The summed E-state index contributed by atoms with van der Waals surface area (Å²) in [7, 11) is 0. The molecule has 0 radical (unpaired) electrons. The molecule has 0 spiro atoms. The third-order valence-electron chi connectivity index (χ3n) is 3.41. The summed E-state index contributed by atoms with van der Waals surface area (Å²) in [6, 6.07) is 4.37. The van der Waals surface area contributed by atoms with E-state index in [1.807, 2.05) is 0 Å². The number of carbonyl (C=O) groups is 2. The van der Waals surface area contributed by atoms with Crippen molar-refractivity contribution >= 4 is 33.6 Å². The van der Waals surface area contributed by atoms with Crippen LogP contribution in [0.2, 0.25) is 0 Å². The summed E-state index contributed by atoms with van der Waals surface area (Å²) in [5.41, 5.74) is 0.325. The van der Waals surface area contributed by atoms with E-state index in [1.54, 1.807) is 12.1 Å². The highest BCUT2D eigenvalue weighted by molar-refractivity contribution is 9.10. The van der Waals surface area contributed by atoms with Gasteiger partial charge >= 0.3 is 12.0 Å². The third kappa shape index (κ3) is 4.32. The summed E-state index contributed by atoms with van der Waals surface area (Å²) in [5.74, 6) is -0.636. The Morgan fingerprint density at radius 3 is 2.81 bits per heavy atom. The van der Waals surface area contributed by atoms with Crippen molar-refractivity contribution in [2.24, 2.45) is 5.92 Å². The van der Waals surface area contributed by atoms with Crippen LogP contribution in [0.4, 0.5) is 10.5 Å². The fourth-order valence-corrected chi connectivity index (χ4v) is 2.73. The van der Waals surface area contributed by atoms with Gasteiger partial charge in [0, 0.05) is 11.0 Å². The second-order valence-corrected chi connectivity index (χ2v) is 5.81. The molecule has 1 unspecified atom stereocenters. The summed E-state index contributed by atoms with van der Waals surface area (Å²) in [5, 5.41) is 14.5. The maximum absolute atomic E-state index is 11.9. The van der Waals surface area contributed by atoms with Crippen molar-refractivity contribution in [2.45, 2.75) is 19.3 Å². The molecule has 1 atom stereocenters. The summed E-state index contributed by atoms with van der Waals surface area (Å²) in [4.78, 5) is 23.1. The molecule has 0 heterocycles. The van der Waals surface area contributed by atoms with Gasteiger partial charge in [0.25, 0.3) is 0 Å². The Morgan fingerprint density at radius 1 is 1.33 bits per heavy atom. The quantitative estimate of drug-likeness (QED) is 0.724. The summed E-state index contributed by atoms with van der Waals surface area (Å²) >= 11 is 3.26. The number of anilines is 1. The molecule has 3 N–H and O–H groups in total. The van der Waals surface area contributed by atoms with Gasteiger partial charge < -0.3 is 15.7 Å². The SMILES string of the molecule is O=C(NCC1CC=CCC1)Nc1c(Br)cccc1C(=O)O. The van der Waals surface area contributed by atoms with E-state index < -0.39 is 5.97 Å². The molecule has 1 aromatic carbocycles. The van der Waals surface area contributed by atoms with E-state index in [-0.39, 0.29) is 17.3 Å². The number of nitrogens with one attached hydrogen (secondary N) is 2. The zero-order chi connectivity index (χ0) is 15.2. The number of para-hydroxylation sites is 1. The molecule has 1 aromatic rings. The van der Waals surface area contributed by atoms with Gasteiger partial charge in [-0.25, -0.2) is 9.59 Å². The smallest absolute Gasteiger partial charge is 0.337 e. The number of urea groups is 1. The zero-order valence-corrected chi connectivity index (χ0v) is 13.0. The molecule has 21 heavy (non-hydrogen) atoms. The number of carbonyl (C=O) groups excluding carboxylic acids is 1. The minimum absolute atomic E-state index is 0.0557. The van der Waals surface area contributed by atoms with Gasteiger partial charge in [-0.1, -0.05) is 18.2 Å². The second-order valence-electron chi connectivity index (χ2n) is 4.95. The monoisotopic (exact) mass is 352 g/mol. The van der Waals surface area contributed by atoms with Crippen LogP contribution in [0.3, 0.4) is 0 Å². The highest BCUT2D eigenvalue weighted by Gasteiger charge is 2.16. The first-order valence-corrected chi connectivity index (χ1v) is 7.59. The summed E-state index contributed by atoms with van der Waals surface area (Å²) in [6.45, 7) is 0.586. The van der Waals surface area contributed by atoms with Gasteiger partial charge in [0.1, 0.15) is 0 Å². The summed E-state index contributed by atoms with van der Waals surface area (Å²) in [6.07, 6.45) is 7.35. The molecule has 1 aliphatic rings. The first-order chi connectivity index (χ1) is 10.1. The molecule has 0 aliphatic heterocycles. The van der Waals surface area contributed by atoms with Crippen molar-refractivity contribution in [3.63, 3.8) is 0 Å². The highest BCUT2D eigenvalue weighted by Crippen LogP contribution is 2.26. The lowest BCUT2D eigenvalue weighted by Gasteiger charge is -2.18. The minimum atomic E-state index is -1.08. The van der Waals surface area contributed by atoms with Crippen LogP contribution >= 0.6 is 15.9 Å². The molecule has 112 valence electrons. The Hall–Kier alpha value is -1.82. The Bertz CT molecular complexity index is 572. The van der Waals surface area contributed by atoms with Crippen LogP contribution in [0.15, 0.2) is 34.8 Å². The van der Waals surface area contributed by atoms with Gasteiger partial charge in [-0.15, -0.1) is 0 Å². The lowest BCUT2D eigenvalue weighted by Crippen LogP contribution is -2.33. The van der Waals surface area contributed by atoms with E-state index in [1.165, 1.54) is 6.07 Å². The maximum atomic E-state index is 11.9. The van der Waals surface area contributed by atoms with E-state index in [9.17, 15) is 9.59 Å². The number of halogens is 1. The number of carboxylic acid groups (broad SMARTS) is 1. The predicted molar refractivity (Wildman–Crippen MR) is 84.6 cm³/mol. The first-order valence-electron chi connectivity index (χ1n) is 6.79. The Labute approximate surface area is 131 Å². The molecule has 0 saturated heterocycles. The zero-order valence-electron chi connectivity index (χ0n) is 11.4. The average molecular weight is 353 g/mol. The molecule has 6 heteroatoms. The van der Waals surface area contributed by atoms with Crippen LogP contribution in [0.25, 0.3) is 0 Å². The molecule has 0 aromatic heterocycles. The van der Waals surface area contributed by atoms with Gasteiger partial charge in [-0.3, -0.25) is 0 Å². The van der Waals surface area contributed by atoms with Gasteiger partial charge in [0.2, 0.25) is 0 Å². The number of hydrogen-bond donors (Lipinski definition) is 3. The first kappa shape index (κ1) is 15.6. The maximum Gasteiger partial charge on any atom is 0.337 e. The van der Waals surface area contributed by atoms with Gasteiger partial charge in [-0.2, -0.15) is 0 Å². The van der Waals surface area contributed by atoms with Gasteiger partial charge in [-0.05, 0) is 53.2 Å². The van der Waals surface area contributed by atoms with Crippen molar-refractivity contribution in [1.82, 2.24) is 5.32 Å². The van der Waals surface area contributed by atoms with Crippen LogP contribution in [0.1, 0.15) is 29.6 Å². The molecule has 0 saturated carbocycles. The van der Waals surface area contributed by atoms with E-state index in [4.69, 9.17) is 5.11 Å². The topological polar surface area (TPSA) is 78.4 Å². The van der Waals surface area contributed by atoms with Crippen LogP contribution in [0, 0.1) is 5.92 Å². The van der Waals surface area contributed by atoms with E-state index in [0.717, 1.165) is 19.3 Å². The Kier molecular flexibility index (Phi) is 5.38. The second kappa shape index (κ2) is 7.26. The third-order valence-corrected chi connectivity index (χ3v) is 4.07. The molecule has 1 aliphatic carbocycles. The number of hydrogen-bond acceptors (Lipinski definition) is 2. The number of allylic oxidation sites excluding steroid dienone is 2. The predicted octanol–water partition coefficient (Wildman–Crippen LogP) is 3.63. The molecular weight excluding hydrogens is 336 g/mol. The van der Waals surface area contributed by atoms with Crippen molar-refractivity contribution in [1.29, 1.82) is 0 Å². The van der Waals surface area contributed by atoms with E-state index >= 15 is 0 Å². The summed E-state index contributed by atoms with van der Waals surface area (Å²) < 4.78 is 0.540. The lowest BCUT2D eigenvalue weighted by molar-refractivity contribution is 0.0698. The lowest BCUT2D eigenvalue weighted by atomic mass is 9.94. The standard InChI is InChI=1S/C15H17BrN2O3/c16-12-8-4-7-11(14(19)20)13(12)18-15(21)17-9-10-5-2-1-3-6-10/h1-2,4,7-8,10H,3,5-6,9H2,(H,19,20)(H2,17,18,21). The molecule has 2 rings (SSSR count). The molecule has 0 bridgehead atoms. The van der Waals surface area contributed by atoms with Gasteiger partial charge in [0.05, 0.1) is 11.3 Å². The van der Waals surface area contributed by atoms with Crippen molar-refractivity contribution in [3.05, 3.63) is 40.4 Å². The molecule has 0 fully saturated rings. The molecule has 2 amide bonds. The fraction of sp³-hybridized carbons (Fsp3) is 0.333.